The maximum atomic E-state index is 12.5. The maximum Gasteiger partial charge on any atom is 0.270 e. The van der Waals surface area contributed by atoms with Gasteiger partial charge in [0.1, 0.15) is 11.2 Å². The first-order chi connectivity index (χ1) is 13.1. The highest BCUT2D eigenvalue weighted by Gasteiger charge is 2.13. The third-order valence-corrected chi connectivity index (χ3v) is 4.60. The van der Waals surface area contributed by atoms with Crippen LogP contribution in [0.5, 0.6) is 0 Å². The van der Waals surface area contributed by atoms with E-state index in [1.54, 1.807) is 24.4 Å². The van der Waals surface area contributed by atoms with Gasteiger partial charge < -0.3 is 5.32 Å². The molecule has 27 heavy (non-hydrogen) atoms. The van der Waals surface area contributed by atoms with Gasteiger partial charge in [-0.25, -0.2) is 4.98 Å². The Kier molecular flexibility index (Phi) is 5.98. The zero-order valence-corrected chi connectivity index (χ0v) is 15.7. The van der Waals surface area contributed by atoms with Crippen molar-refractivity contribution in [2.45, 2.75) is 26.9 Å². The lowest BCUT2D eigenvalue weighted by Crippen LogP contribution is -2.31. The molecule has 0 bridgehead atoms. The summed E-state index contributed by atoms with van der Waals surface area (Å²) in [6.45, 7) is 7.52. The molecule has 0 radical (unpaired) electrons. The van der Waals surface area contributed by atoms with E-state index in [0.717, 1.165) is 25.2 Å². The molecule has 1 N–H and O–H groups in total. The molecule has 1 amide bonds. The van der Waals surface area contributed by atoms with Gasteiger partial charge in [0.25, 0.3) is 11.5 Å². The predicted molar refractivity (Wildman–Crippen MR) is 106 cm³/mol. The molecular weight excluding hydrogens is 340 g/mol. The highest BCUT2D eigenvalue weighted by molar-refractivity contribution is 5.93. The average Bonchev–Trinajstić information content (AvgIpc) is 2.71. The topological polar surface area (TPSA) is 66.7 Å². The minimum absolute atomic E-state index is 0.0398. The first-order valence-corrected chi connectivity index (χ1v) is 9.17. The molecule has 3 aromatic rings. The Bertz CT molecular complexity index is 993. The molecule has 0 unspecified atom stereocenters. The minimum atomic E-state index is -0.417. The summed E-state index contributed by atoms with van der Waals surface area (Å²) in [5.74, 6) is -0.417. The van der Waals surface area contributed by atoms with Crippen LogP contribution in [-0.2, 0) is 13.1 Å². The summed E-state index contributed by atoms with van der Waals surface area (Å²) >= 11 is 0. The van der Waals surface area contributed by atoms with Crippen LogP contribution in [0.2, 0.25) is 0 Å². The van der Waals surface area contributed by atoms with Crippen molar-refractivity contribution in [1.29, 1.82) is 0 Å². The van der Waals surface area contributed by atoms with E-state index in [9.17, 15) is 9.59 Å². The Balaban J connectivity index is 1.71. The van der Waals surface area contributed by atoms with Crippen molar-refractivity contribution in [3.63, 3.8) is 0 Å². The number of hydrogen-bond donors (Lipinski definition) is 1. The molecule has 0 saturated heterocycles. The Hall–Kier alpha value is -2.99. The molecule has 0 fully saturated rings. The summed E-state index contributed by atoms with van der Waals surface area (Å²) in [4.78, 5) is 31.5. The normalized spacial score (nSPS) is 11.1. The monoisotopic (exact) mass is 364 g/mol. The van der Waals surface area contributed by atoms with Gasteiger partial charge in [0.05, 0.1) is 0 Å². The van der Waals surface area contributed by atoms with Crippen LogP contribution in [0.1, 0.15) is 35.3 Å². The summed E-state index contributed by atoms with van der Waals surface area (Å²) in [6, 6.07) is 13.4. The van der Waals surface area contributed by atoms with Crippen LogP contribution >= 0.6 is 0 Å². The number of aromatic nitrogens is 2. The van der Waals surface area contributed by atoms with Crippen molar-refractivity contribution in [1.82, 2.24) is 19.6 Å². The molecule has 0 saturated carbocycles. The second-order valence-electron chi connectivity index (χ2n) is 6.37. The molecule has 140 valence electrons. The fourth-order valence-corrected chi connectivity index (χ4v) is 3.00. The number of carbonyl (C=O) groups excluding carboxylic acids is 1. The molecule has 6 nitrogen and oxygen atoms in total. The maximum absolute atomic E-state index is 12.5. The van der Waals surface area contributed by atoms with Gasteiger partial charge in [-0.05, 0) is 36.3 Å². The molecule has 2 heterocycles. The zero-order chi connectivity index (χ0) is 19.2. The predicted octanol–water partition coefficient (Wildman–Crippen LogP) is 2.47. The Labute approximate surface area is 158 Å². The first kappa shape index (κ1) is 18.8. The number of amides is 1. The van der Waals surface area contributed by atoms with E-state index in [0.29, 0.717) is 12.2 Å². The lowest BCUT2D eigenvalue weighted by Gasteiger charge is -2.18. The number of fused-ring (bicyclic) bond motifs is 1. The fourth-order valence-electron chi connectivity index (χ4n) is 3.00. The van der Waals surface area contributed by atoms with Gasteiger partial charge in [0.2, 0.25) is 0 Å². The van der Waals surface area contributed by atoms with E-state index >= 15 is 0 Å². The van der Waals surface area contributed by atoms with Crippen LogP contribution in [0.3, 0.4) is 0 Å². The fraction of sp³-hybridized carbons (Fsp3) is 0.286. The van der Waals surface area contributed by atoms with Crippen molar-refractivity contribution < 1.29 is 4.79 Å². The second-order valence-corrected chi connectivity index (χ2v) is 6.37. The Morgan fingerprint density at radius 2 is 1.89 bits per heavy atom. The number of benzene rings is 1. The van der Waals surface area contributed by atoms with Gasteiger partial charge in [-0.2, -0.15) is 0 Å². The van der Waals surface area contributed by atoms with Gasteiger partial charge in [0.15, 0.2) is 0 Å². The van der Waals surface area contributed by atoms with E-state index in [1.807, 2.05) is 12.1 Å². The third kappa shape index (κ3) is 4.41. The molecule has 0 aliphatic rings. The zero-order valence-electron chi connectivity index (χ0n) is 15.7. The largest absolute Gasteiger partial charge is 0.348 e. The summed E-state index contributed by atoms with van der Waals surface area (Å²) in [6.07, 6.45) is 2.95. The molecule has 6 heteroatoms. The van der Waals surface area contributed by atoms with Gasteiger partial charge in [-0.1, -0.05) is 44.2 Å². The molecule has 2 aromatic heterocycles. The molecule has 0 aliphatic heterocycles. The van der Waals surface area contributed by atoms with Crippen molar-refractivity contribution in [3.05, 3.63) is 81.9 Å². The Morgan fingerprint density at radius 3 is 2.67 bits per heavy atom. The molecule has 0 atom stereocenters. The van der Waals surface area contributed by atoms with Crippen molar-refractivity contribution in [2.24, 2.45) is 0 Å². The SMILES string of the molecule is CCN(CC)Cc1cccc(CNC(=O)c2cnc3ccccn3c2=O)c1. The average molecular weight is 364 g/mol. The third-order valence-electron chi connectivity index (χ3n) is 4.60. The van der Waals surface area contributed by atoms with E-state index < -0.39 is 5.91 Å². The molecule has 0 spiro atoms. The summed E-state index contributed by atoms with van der Waals surface area (Å²) in [7, 11) is 0. The van der Waals surface area contributed by atoms with E-state index in [2.05, 4.69) is 41.2 Å². The number of nitrogens with one attached hydrogen (secondary N) is 1. The van der Waals surface area contributed by atoms with E-state index in [4.69, 9.17) is 0 Å². The van der Waals surface area contributed by atoms with Crippen molar-refractivity contribution >= 4 is 11.6 Å². The summed E-state index contributed by atoms with van der Waals surface area (Å²) < 4.78 is 1.37. The van der Waals surface area contributed by atoms with Gasteiger partial charge in [0, 0.05) is 25.5 Å². The second kappa shape index (κ2) is 8.60. The van der Waals surface area contributed by atoms with Crippen LogP contribution in [0.15, 0.2) is 59.7 Å². The summed E-state index contributed by atoms with van der Waals surface area (Å²) in [5, 5.41) is 2.82. The molecule has 3 rings (SSSR count). The van der Waals surface area contributed by atoms with Crippen molar-refractivity contribution in [3.8, 4) is 0 Å². The number of carbonyl (C=O) groups is 1. The smallest absolute Gasteiger partial charge is 0.270 e. The highest BCUT2D eigenvalue weighted by atomic mass is 16.2. The van der Waals surface area contributed by atoms with Gasteiger partial charge in [-0.3, -0.25) is 18.9 Å². The van der Waals surface area contributed by atoms with E-state index in [1.165, 1.54) is 16.2 Å². The standard InChI is InChI=1S/C21H24N4O2/c1-3-24(4-2)15-17-9-7-8-16(12-17)13-23-20(26)18-14-22-19-10-5-6-11-25(19)21(18)27/h5-12,14H,3-4,13,15H2,1-2H3,(H,23,26). The number of pyridine rings is 1. The van der Waals surface area contributed by atoms with E-state index in [-0.39, 0.29) is 11.1 Å². The first-order valence-electron chi connectivity index (χ1n) is 9.17. The minimum Gasteiger partial charge on any atom is -0.348 e. The van der Waals surface area contributed by atoms with Gasteiger partial charge in [-0.15, -0.1) is 0 Å². The van der Waals surface area contributed by atoms with Crippen LogP contribution < -0.4 is 10.9 Å². The molecular formula is C21H24N4O2. The summed E-state index contributed by atoms with van der Waals surface area (Å²) in [5.41, 5.74) is 2.40. The van der Waals surface area contributed by atoms with Crippen LogP contribution in [-0.4, -0.2) is 33.3 Å². The highest BCUT2D eigenvalue weighted by Crippen LogP contribution is 2.09. The Morgan fingerprint density at radius 1 is 1.11 bits per heavy atom. The number of hydrogen-bond acceptors (Lipinski definition) is 4. The molecule has 0 aliphatic carbocycles. The van der Waals surface area contributed by atoms with Crippen LogP contribution in [0.4, 0.5) is 0 Å². The lowest BCUT2D eigenvalue weighted by atomic mass is 10.1. The van der Waals surface area contributed by atoms with Crippen LogP contribution in [0.25, 0.3) is 5.65 Å². The van der Waals surface area contributed by atoms with Crippen LogP contribution in [0, 0.1) is 0 Å². The lowest BCUT2D eigenvalue weighted by molar-refractivity contribution is 0.0949. The van der Waals surface area contributed by atoms with Gasteiger partial charge >= 0.3 is 0 Å². The quantitative estimate of drug-likeness (QED) is 0.699. The molecule has 1 aromatic carbocycles. The van der Waals surface area contributed by atoms with Crippen molar-refractivity contribution in [2.75, 3.05) is 13.1 Å². The number of nitrogens with zero attached hydrogens (tertiary/aromatic N) is 3. The number of rotatable bonds is 7.